The summed E-state index contributed by atoms with van der Waals surface area (Å²) >= 11 is 0. The Labute approximate surface area is 109 Å². The number of likely N-dealkylation sites (N-methyl/N-ethyl adjacent to an activating group) is 1. The topological polar surface area (TPSA) is 62.2 Å². The molecule has 0 fully saturated rings. The highest BCUT2D eigenvalue weighted by molar-refractivity contribution is 4.70. The Balaban J connectivity index is 3.66. The quantitative estimate of drug-likeness (QED) is 0.319. The summed E-state index contributed by atoms with van der Waals surface area (Å²) in [7, 11) is 1.83. The minimum atomic E-state index is -0.576. The third-order valence-corrected chi connectivity index (χ3v) is 2.11. The summed E-state index contributed by atoms with van der Waals surface area (Å²) in [6, 6.07) is 0. The average Bonchev–Trinajstić information content (AvgIpc) is 2.29. The lowest BCUT2D eigenvalue weighted by atomic mass is 10.3. The van der Waals surface area contributed by atoms with Crippen LogP contribution in [0.15, 0.2) is 25.0 Å². The average molecular weight is 259 g/mol. The molecule has 2 atom stereocenters. The van der Waals surface area contributed by atoms with Crippen LogP contribution in [0.4, 0.5) is 0 Å². The molecule has 0 aliphatic heterocycles. The van der Waals surface area contributed by atoms with Gasteiger partial charge >= 0.3 is 0 Å². The van der Waals surface area contributed by atoms with Gasteiger partial charge in [0.2, 0.25) is 0 Å². The zero-order chi connectivity index (χ0) is 13.8. The second kappa shape index (κ2) is 11.2. The molecule has 2 unspecified atom stereocenters. The third-order valence-electron chi connectivity index (χ3n) is 2.11. The van der Waals surface area contributed by atoms with E-state index >= 15 is 0 Å². The zero-order valence-corrected chi connectivity index (χ0v) is 11.3. The predicted molar refractivity (Wildman–Crippen MR) is 71.3 cm³/mol. The Bertz CT molecular complexity index is 233. The molecule has 0 aliphatic rings. The van der Waals surface area contributed by atoms with Crippen LogP contribution in [0, 0.1) is 0 Å². The van der Waals surface area contributed by atoms with Crippen LogP contribution in [0.25, 0.3) is 0 Å². The maximum Gasteiger partial charge on any atom is 0.114 e. The van der Waals surface area contributed by atoms with Crippen LogP contribution in [0.3, 0.4) is 0 Å². The summed E-state index contributed by atoms with van der Waals surface area (Å²) in [6.45, 7) is 7.20. The Morgan fingerprint density at radius 2 is 1.83 bits per heavy atom. The van der Waals surface area contributed by atoms with E-state index in [1.165, 1.54) is 0 Å². The van der Waals surface area contributed by atoms with Crippen LogP contribution in [-0.4, -0.2) is 67.3 Å². The van der Waals surface area contributed by atoms with E-state index in [0.29, 0.717) is 19.7 Å². The number of rotatable bonds is 11. The van der Waals surface area contributed by atoms with Crippen LogP contribution in [0.5, 0.6) is 0 Å². The minimum absolute atomic E-state index is 0.248. The van der Waals surface area contributed by atoms with Crippen molar-refractivity contribution < 1.29 is 19.7 Å². The van der Waals surface area contributed by atoms with Gasteiger partial charge in [-0.15, -0.1) is 6.58 Å². The lowest BCUT2D eigenvalue weighted by Gasteiger charge is -2.22. The molecule has 0 radical (unpaired) electrons. The van der Waals surface area contributed by atoms with Crippen molar-refractivity contribution in [2.45, 2.75) is 19.1 Å². The number of hydrogen-bond acceptors (Lipinski definition) is 5. The first kappa shape index (κ1) is 17.1. The first-order chi connectivity index (χ1) is 8.60. The molecule has 0 bridgehead atoms. The van der Waals surface area contributed by atoms with Crippen molar-refractivity contribution in [3.05, 3.63) is 25.0 Å². The first-order valence-corrected chi connectivity index (χ1v) is 6.06. The second-order valence-corrected chi connectivity index (χ2v) is 4.16. The van der Waals surface area contributed by atoms with Gasteiger partial charge in [-0.2, -0.15) is 0 Å². The Hall–Kier alpha value is -0.880. The van der Waals surface area contributed by atoms with Crippen molar-refractivity contribution in [1.82, 2.24) is 4.90 Å². The number of allylic oxidation sites excluding steroid dienone is 1. The lowest BCUT2D eigenvalue weighted by Crippen LogP contribution is -2.38. The van der Waals surface area contributed by atoms with E-state index in [-0.39, 0.29) is 13.2 Å². The number of aliphatic hydroxyl groups is 2. The van der Waals surface area contributed by atoms with Gasteiger partial charge in [0, 0.05) is 13.1 Å². The molecule has 5 heteroatoms. The summed E-state index contributed by atoms with van der Waals surface area (Å²) in [4.78, 5) is 1.84. The van der Waals surface area contributed by atoms with Crippen LogP contribution < -0.4 is 0 Å². The van der Waals surface area contributed by atoms with E-state index in [1.54, 1.807) is 18.4 Å². The molecule has 0 aromatic carbocycles. The molecule has 0 heterocycles. The SMILES string of the molecule is C=CCOCC(O)CN(C)CC(O)COC=CC. The molecular weight excluding hydrogens is 234 g/mol. The van der Waals surface area contributed by atoms with Crippen molar-refractivity contribution in [2.24, 2.45) is 0 Å². The summed E-state index contributed by atoms with van der Waals surface area (Å²) in [6.07, 6.45) is 3.79. The van der Waals surface area contributed by atoms with E-state index in [2.05, 4.69) is 6.58 Å². The molecule has 106 valence electrons. The normalized spacial score (nSPS) is 14.9. The second-order valence-electron chi connectivity index (χ2n) is 4.16. The molecule has 2 N–H and O–H groups in total. The zero-order valence-electron chi connectivity index (χ0n) is 11.3. The van der Waals surface area contributed by atoms with E-state index in [9.17, 15) is 10.2 Å². The molecule has 0 saturated heterocycles. The van der Waals surface area contributed by atoms with Gasteiger partial charge < -0.3 is 24.6 Å². The number of aliphatic hydroxyl groups excluding tert-OH is 2. The fourth-order valence-corrected chi connectivity index (χ4v) is 1.45. The lowest BCUT2D eigenvalue weighted by molar-refractivity contribution is 0.0127. The van der Waals surface area contributed by atoms with Gasteiger partial charge in [0.15, 0.2) is 0 Å². The van der Waals surface area contributed by atoms with Crippen LogP contribution in [0.1, 0.15) is 6.92 Å². The van der Waals surface area contributed by atoms with Gasteiger partial charge in [0.25, 0.3) is 0 Å². The molecule has 0 rings (SSSR count). The molecular formula is C13H25NO4. The van der Waals surface area contributed by atoms with Crippen molar-refractivity contribution in [3.63, 3.8) is 0 Å². The van der Waals surface area contributed by atoms with E-state index in [1.807, 2.05) is 18.9 Å². The first-order valence-electron chi connectivity index (χ1n) is 6.06. The number of nitrogens with zero attached hydrogens (tertiary/aromatic N) is 1. The standard InChI is InChI=1S/C13H25NO4/c1-4-6-17-10-12(15)8-14(3)9-13(16)11-18-7-5-2/h4-5,7,12-13,15-16H,1,6,8-11H2,2-3H3. The Morgan fingerprint density at radius 1 is 1.22 bits per heavy atom. The highest BCUT2D eigenvalue weighted by Gasteiger charge is 2.12. The number of ether oxygens (including phenoxy) is 2. The molecule has 0 aromatic heterocycles. The monoisotopic (exact) mass is 259 g/mol. The van der Waals surface area contributed by atoms with Gasteiger partial charge in [-0.25, -0.2) is 0 Å². The maximum atomic E-state index is 9.65. The molecule has 0 aliphatic carbocycles. The molecule has 0 spiro atoms. The van der Waals surface area contributed by atoms with E-state index in [0.717, 1.165) is 0 Å². The predicted octanol–water partition coefficient (Wildman–Crippen LogP) is 0.393. The van der Waals surface area contributed by atoms with Crippen LogP contribution in [-0.2, 0) is 9.47 Å². The molecule has 0 amide bonds. The van der Waals surface area contributed by atoms with E-state index < -0.39 is 12.2 Å². The summed E-state index contributed by atoms with van der Waals surface area (Å²) < 4.78 is 10.2. The number of hydrogen-bond donors (Lipinski definition) is 2. The largest absolute Gasteiger partial charge is 0.499 e. The van der Waals surface area contributed by atoms with Crippen LogP contribution in [0.2, 0.25) is 0 Å². The molecule has 5 nitrogen and oxygen atoms in total. The van der Waals surface area contributed by atoms with Gasteiger partial charge in [0.05, 0.1) is 25.6 Å². The molecule has 18 heavy (non-hydrogen) atoms. The smallest absolute Gasteiger partial charge is 0.114 e. The summed E-state index contributed by atoms with van der Waals surface area (Å²) in [5.74, 6) is 0. The van der Waals surface area contributed by atoms with Gasteiger partial charge in [-0.3, -0.25) is 0 Å². The van der Waals surface area contributed by atoms with Crippen molar-refractivity contribution in [3.8, 4) is 0 Å². The van der Waals surface area contributed by atoms with Crippen molar-refractivity contribution in [1.29, 1.82) is 0 Å². The van der Waals surface area contributed by atoms with Crippen LogP contribution >= 0.6 is 0 Å². The third kappa shape index (κ3) is 10.3. The van der Waals surface area contributed by atoms with Crippen molar-refractivity contribution >= 4 is 0 Å². The highest BCUT2D eigenvalue weighted by Crippen LogP contribution is 1.95. The molecule has 0 saturated carbocycles. The summed E-state index contributed by atoms with van der Waals surface area (Å²) in [5.41, 5.74) is 0. The maximum absolute atomic E-state index is 9.65. The van der Waals surface area contributed by atoms with Gasteiger partial charge in [0.1, 0.15) is 12.7 Å². The fourth-order valence-electron chi connectivity index (χ4n) is 1.45. The Kier molecular flexibility index (Phi) is 10.7. The van der Waals surface area contributed by atoms with Gasteiger partial charge in [-0.05, 0) is 14.0 Å². The molecule has 0 aromatic rings. The minimum Gasteiger partial charge on any atom is -0.499 e. The summed E-state index contributed by atoms with van der Waals surface area (Å²) in [5, 5.41) is 19.3. The highest BCUT2D eigenvalue weighted by atomic mass is 16.5. The Morgan fingerprint density at radius 3 is 2.39 bits per heavy atom. The van der Waals surface area contributed by atoms with Crippen molar-refractivity contribution in [2.75, 3.05) is 40.0 Å². The van der Waals surface area contributed by atoms with Gasteiger partial charge in [-0.1, -0.05) is 12.2 Å². The van der Waals surface area contributed by atoms with E-state index in [4.69, 9.17) is 9.47 Å². The fraction of sp³-hybridized carbons (Fsp3) is 0.692.